The number of aromatic nitrogens is 1. The predicted molar refractivity (Wildman–Crippen MR) is 79.2 cm³/mol. The molecule has 0 saturated carbocycles. The molecule has 1 amide bonds. The quantitative estimate of drug-likeness (QED) is 0.791. The van der Waals surface area contributed by atoms with Gasteiger partial charge in [0, 0.05) is 28.5 Å². The highest BCUT2D eigenvalue weighted by Gasteiger charge is 2.10. The van der Waals surface area contributed by atoms with Crippen molar-refractivity contribution in [2.45, 2.75) is 13.3 Å². The normalized spacial score (nSPS) is 12.6. The van der Waals surface area contributed by atoms with Crippen LogP contribution in [0.15, 0.2) is 28.7 Å². The average Bonchev–Trinajstić information content (AvgIpc) is 2.79. The van der Waals surface area contributed by atoms with Crippen LogP contribution in [-0.2, 0) is 0 Å². The number of rotatable bonds is 5. The van der Waals surface area contributed by atoms with Crippen molar-refractivity contribution >= 4 is 32.7 Å². The number of halogens is 1. The first-order chi connectivity index (χ1) is 9.10. The van der Waals surface area contributed by atoms with E-state index in [0.717, 1.165) is 15.4 Å². The lowest BCUT2D eigenvalue weighted by molar-refractivity contribution is 0.0941. The molecule has 1 heterocycles. The fourth-order valence-electron chi connectivity index (χ4n) is 1.91. The maximum absolute atomic E-state index is 12.0. The smallest absolute Gasteiger partial charge is 0.267 e. The lowest BCUT2D eigenvalue weighted by atomic mass is 10.1. The van der Waals surface area contributed by atoms with Crippen LogP contribution in [0.2, 0.25) is 0 Å². The lowest BCUT2D eigenvalue weighted by Gasteiger charge is -2.10. The third kappa shape index (κ3) is 3.58. The second-order valence-electron chi connectivity index (χ2n) is 4.74. The molecular formula is C14H17BrN2O2. The van der Waals surface area contributed by atoms with E-state index in [1.165, 1.54) is 0 Å². The SMILES string of the molecule is CC(CCO)CNC(=O)c1cc2ccc(Br)cc2[nH]1. The molecule has 0 spiro atoms. The van der Waals surface area contributed by atoms with Gasteiger partial charge in [0.25, 0.3) is 5.91 Å². The van der Waals surface area contributed by atoms with Gasteiger partial charge in [0.2, 0.25) is 0 Å². The monoisotopic (exact) mass is 324 g/mol. The van der Waals surface area contributed by atoms with Gasteiger partial charge in [0.15, 0.2) is 0 Å². The Labute approximate surface area is 120 Å². The highest BCUT2D eigenvalue weighted by atomic mass is 79.9. The first-order valence-corrected chi connectivity index (χ1v) is 7.07. The summed E-state index contributed by atoms with van der Waals surface area (Å²) < 4.78 is 0.977. The van der Waals surface area contributed by atoms with Gasteiger partial charge in [0.1, 0.15) is 5.69 Å². The van der Waals surface area contributed by atoms with Gasteiger partial charge in [-0.3, -0.25) is 4.79 Å². The van der Waals surface area contributed by atoms with E-state index in [1.807, 2.05) is 31.2 Å². The maximum Gasteiger partial charge on any atom is 0.267 e. The summed E-state index contributed by atoms with van der Waals surface area (Å²) in [5, 5.41) is 12.7. The summed E-state index contributed by atoms with van der Waals surface area (Å²) in [5.74, 6) is 0.157. The fourth-order valence-corrected chi connectivity index (χ4v) is 2.27. The van der Waals surface area contributed by atoms with Crippen molar-refractivity contribution in [1.29, 1.82) is 0 Å². The number of carbonyl (C=O) groups excluding carboxylic acids is 1. The first kappa shape index (κ1) is 14.1. The lowest BCUT2D eigenvalue weighted by Crippen LogP contribution is -2.28. The highest BCUT2D eigenvalue weighted by Crippen LogP contribution is 2.20. The van der Waals surface area contributed by atoms with E-state index in [0.29, 0.717) is 18.7 Å². The summed E-state index contributed by atoms with van der Waals surface area (Å²) in [7, 11) is 0. The molecule has 1 unspecified atom stereocenters. The molecule has 4 nitrogen and oxygen atoms in total. The molecule has 1 aromatic carbocycles. The maximum atomic E-state index is 12.0. The molecule has 2 aromatic rings. The number of amides is 1. The summed E-state index contributed by atoms with van der Waals surface area (Å²) in [6.45, 7) is 2.72. The number of carbonyl (C=O) groups is 1. The number of aliphatic hydroxyl groups excluding tert-OH is 1. The molecule has 0 aliphatic heterocycles. The minimum absolute atomic E-state index is 0.114. The zero-order chi connectivity index (χ0) is 13.8. The van der Waals surface area contributed by atoms with Crippen LogP contribution in [0.1, 0.15) is 23.8 Å². The van der Waals surface area contributed by atoms with Gasteiger partial charge in [-0.25, -0.2) is 0 Å². The minimum atomic E-state index is -0.114. The molecule has 102 valence electrons. The molecule has 2 rings (SSSR count). The average molecular weight is 325 g/mol. The van der Waals surface area contributed by atoms with Crippen LogP contribution in [-0.4, -0.2) is 29.1 Å². The van der Waals surface area contributed by atoms with Crippen LogP contribution in [0.4, 0.5) is 0 Å². The van der Waals surface area contributed by atoms with E-state index in [-0.39, 0.29) is 18.4 Å². The molecule has 19 heavy (non-hydrogen) atoms. The molecule has 0 fully saturated rings. The second kappa shape index (κ2) is 6.21. The van der Waals surface area contributed by atoms with Crippen molar-refractivity contribution in [2.24, 2.45) is 5.92 Å². The first-order valence-electron chi connectivity index (χ1n) is 6.27. The number of hydrogen-bond acceptors (Lipinski definition) is 2. The van der Waals surface area contributed by atoms with E-state index in [4.69, 9.17) is 5.11 Å². The van der Waals surface area contributed by atoms with Gasteiger partial charge in [-0.15, -0.1) is 0 Å². The van der Waals surface area contributed by atoms with Gasteiger partial charge in [-0.1, -0.05) is 28.9 Å². The summed E-state index contributed by atoms with van der Waals surface area (Å²) in [6, 6.07) is 7.69. The zero-order valence-electron chi connectivity index (χ0n) is 10.7. The van der Waals surface area contributed by atoms with Crippen LogP contribution in [0.25, 0.3) is 10.9 Å². The molecule has 0 bridgehead atoms. The molecule has 1 aromatic heterocycles. The molecule has 0 radical (unpaired) electrons. The summed E-state index contributed by atoms with van der Waals surface area (Å²) in [4.78, 5) is 15.1. The van der Waals surface area contributed by atoms with Crippen LogP contribution in [0.5, 0.6) is 0 Å². The number of aliphatic hydroxyl groups is 1. The van der Waals surface area contributed by atoms with E-state index < -0.39 is 0 Å². The van der Waals surface area contributed by atoms with Crippen molar-refractivity contribution in [3.8, 4) is 0 Å². The number of H-pyrrole nitrogens is 1. The van der Waals surface area contributed by atoms with E-state index in [1.54, 1.807) is 0 Å². The molecule has 5 heteroatoms. The number of fused-ring (bicyclic) bond motifs is 1. The highest BCUT2D eigenvalue weighted by molar-refractivity contribution is 9.10. The Bertz CT molecular complexity index is 580. The van der Waals surface area contributed by atoms with Gasteiger partial charge < -0.3 is 15.4 Å². The Balaban J connectivity index is 2.05. The van der Waals surface area contributed by atoms with Crippen LogP contribution in [0, 0.1) is 5.92 Å². The standard InChI is InChI=1S/C14H17BrN2O2/c1-9(4-5-18)8-16-14(19)13-6-10-2-3-11(15)7-12(10)17-13/h2-3,6-7,9,17-18H,4-5,8H2,1H3,(H,16,19). The largest absolute Gasteiger partial charge is 0.396 e. The molecular weight excluding hydrogens is 308 g/mol. The molecule has 0 aliphatic rings. The van der Waals surface area contributed by atoms with Gasteiger partial charge in [-0.05, 0) is 30.5 Å². The van der Waals surface area contributed by atoms with Crippen LogP contribution in [0.3, 0.4) is 0 Å². The predicted octanol–water partition coefficient (Wildman–Crippen LogP) is 2.68. The third-order valence-corrected chi connectivity index (χ3v) is 3.56. The fraction of sp³-hybridized carbons (Fsp3) is 0.357. The Hall–Kier alpha value is -1.33. The Kier molecular flexibility index (Phi) is 4.61. The van der Waals surface area contributed by atoms with Crippen LogP contribution >= 0.6 is 15.9 Å². The van der Waals surface area contributed by atoms with Crippen LogP contribution < -0.4 is 5.32 Å². The van der Waals surface area contributed by atoms with Gasteiger partial charge in [0.05, 0.1) is 0 Å². The Morgan fingerprint density at radius 3 is 3.00 bits per heavy atom. The van der Waals surface area contributed by atoms with Crippen molar-refractivity contribution in [3.05, 3.63) is 34.4 Å². The zero-order valence-corrected chi connectivity index (χ0v) is 12.3. The van der Waals surface area contributed by atoms with Crippen molar-refractivity contribution in [2.75, 3.05) is 13.2 Å². The number of hydrogen-bond donors (Lipinski definition) is 3. The van der Waals surface area contributed by atoms with E-state index in [9.17, 15) is 4.79 Å². The molecule has 0 aliphatic carbocycles. The molecule has 0 saturated heterocycles. The Morgan fingerprint density at radius 2 is 2.26 bits per heavy atom. The minimum Gasteiger partial charge on any atom is -0.396 e. The van der Waals surface area contributed by atoms with Gasteiger partial charge >= 0.3 is 0 Å². The molecule has 3 N–H and O–H groups in total. The third-order valence-electron chi connectivity index (χ3n) is 3.06. The summed E-state index contributed by atoms with van der Waals surface area (Å²) in [6.07, 6.45) is 0.694. The van der Waals surface area contributed by atoms with Crippen molar-refractivity contribution in [1.82, 2.24) is 10.3 Å². The number of benzene rings is 1. The van der Waals surface area contributed by atoms with Gasteiger partial charge in [-0.2, -0.15) is 0 Å². The molecule has 1 atom stereocenters. The van der Waals surface area contributed by atoms with Crippen molar-refractivity contribution in [3.63, 3.8) is 0 Å². The summed E-state index contributed by atoms with van der Waals surface area (Å²) in [5.41, 5.74) is 1.49. The Morgan fingerprint density at radius 1 is 1.47 bits per heavy atom. The number of aromatic amines is 1. The summed E-state index contributed by atoms with van der Waals surface area (Å²) >= 11 is 3.40. The second-order valence-corrected chi connectivity index (χ2v) is 5.66. The van der Waals surface area contributed by atoms with Crippen molar-refractivity contribution < 1.29 is 9.90 Å². The number of nitrogens with one attached hydrogen (secondary N) is 2. The topological polar surface area (TPSA) is 65.1 Å². The van der Waals surface area contributed by atoms with E-state index >= 15 is 0 Å². The van der Waals surface area contributed by atoms with E-state index in [2.05, 4.69) is 26.2 Å².